The minimum atomic E-state index is 0.0361. The number of hydrogen-bond acceptors (Lipinski definition) is 4. The third-order valence-corrected chi connectivity index (χ3v) is 4.40. The molecule has 0 radical (unpaired) electrons. The molecule has 0 saturated carbocycles. The summed E-state index contributed by atoms with van der Waals surface area (Å²) in [6.45, 7) is 12.3. The van der Waals surface area contributed by atoms with Gasteiger partial charge in [0.15, 0.2) is 5.96 Å². The second-order valence-electron chi connectivity index (χ2n) is 6.77. The molecule has 136 valence electrons. The molecule has 1 aromatic carbocycles. The van der Waals surface area contributed by atoms with Crippen LogP contribution >= 0.6 is 0 Å². The van der Waals surface area contributed by atoms with Crippen molar-refractivity contribution in [3.63, 3.8) is 0 Å². The maximum Gasteiger partial charge on any atom is 0.191 e. The number of benzene rings is 1. The molecule has 0 spiro atoms. The van der Waals surface area contributed by atoms with Gasteiger partial charge in [0.25, 0.3) is 0 Å². The van der Waals surface area contributed by atoms with Crippen LogP contribution in [0, 0.1) is 11.3 Å². The summed E-state index contributed by atoms with van der Waals surface area (Å²) < 4.78 is 5.44. The topological polar surface area (TPSA) is 72.7 Å². The molecule has 1 aromatic rings. The van der Waals surface area contributed by atoms with Crippen molar-refractivity contribution in [3.05, 3.63) is 35.4 Å². The molecule has 1 aliphatic rings. The van der Waals surface area contributed by atoms with Gasteiger partial charge in [-0.25, -0.2) is 4.99 Å². The average molecular weight is 343 g/mol. The zero-order valence-electron chi connectivity index (χ0n) is 15.5. The van der Waals surface area contributed by atoms with Crippen LogP contribution in [-0.2, 0) is 11.3 Å². The van der Waals surface area contributed by atoms with E-state index in [-0.39, 0.29) is 5.54 Å². The van der Waals surface area contributed by atoms with E-state index >= 15 is 0 Å². The number of ether oxygens (including phenoxy) is 1. The van der Waals surface area contributed by atoms with Crippen molar-refractivity contribution in [2.24, 2.45) is 4.99 Å². The zero-order chi connectivity index (χ0) is 18.1. The van der Waals surface area contributed by atoms with Gasteiger partial charge in [-0.1, -0.05) is 12.1 Å². The summed E-state index contributed by atoms with van der Waals surface area (Å²) in [5, 5.41) is 15.6. The molecular formula is C19H29N5O. The van der Waals surface area contributed by atoms with Crippen LogP contribution in [-0.4, -0.2) is 55.8 Å². The van der Waals surface area contributed by atoms with Crippen LogP contribution < -0.4 is 10.6 Å². The molecule has 0 atom stereocenters. The normalized spacial score (nSPS) is 16.3. The number of hydrogen-bond donors (Lipinski definition) is 2. The monoisotopic (exact) mass is 343 g/mol. The molecule has 2 rings (SSSR count). The summed E-state index contributed by atoms with van der Waals surface area (Å²) in [7, 11) is 0. The summed E-state index contributed by atoms with van der Waals surface area (Å²) in [6, 6.07) is 9.68. The summed E-state index contributed by atoms with van der Waals surface area (Å²) in [6.07, 6.45) is 0. The SMILES string of the molecule is CCNC(=NCc1ccc(C#N)cc1)NCC(C)(C)N1CCOCC1. The van der Waals surface area contributed by atoms with Crippen molar-refractivity contribution in [3.8, 4) is 6.07 Å². The fourth-order valence-corrected chi connectivity index (χ4v) is 2.78. The number of guanidine groups is 1. The Morgan fingerprint density at radius 2 is 1.92 bits per heavy atom. The summed E-state index contributed by atoms with van der Waals surface area (Å²) in [4.78, 5) is 7.11. The average Bonchev–Trinajstić information content (AvgIpc) is 2.65. The van der Waals surface area contributed by atoms with Crippen molar-refractivity contribution >= 4 is 5.96 Å². The van der Waals surface area contributed by atoms with Gasteiger partial charge in [0.2, 0.25) is 0 Å². The van der Waals surface area contributed by atoms with Gasteiger partial charge in [-0.2, -0.15) is 5.26 Å². The van der Waals surface area contributed by atoms with E-state index in [0.717, 1.165) is 50.9 Å². The molecule has 1 heterocycles. The lowest BCUT2D eigenvalue weighted by molar-refractivity contribution is -0.00834. The molecule has 6 nitrogen and oxygen atoms in total. The first-order chi connectivity index (χ1) is 12.0. The fraction of sp³-hybridized carbons (Fsp3) is 0.579. The van der Waals surface area contributed by atoms with E-state index in [1.54, 1.807) is 0 Å². The molecule has 2 N–H and O–H groups in total. The Kier molecular flexibility index (Phi) is 7.23. The van der Waals surface area contributed by atoms with Crippen LogP contribution in [0.5, 0.6) is 0 Å². The molecule has 0 amide bonds. The third kappa shape index (κ3) is 6.04. The van der Waals surface area contributed by atoms with Gasteiger partial charge in [-0.3, -0.25) is 4.90 Å². The predicted octanol–water partition coefficient (Wildman–Crippen LogP) is 1.72. The molecule has 0 aliphatic carbocycles. The van der Waals surface area contributed by atoms with Gasteiger partial charge >= 0.3 is 0 Å². The first kappa shape index (κ1) is 19.2. The first-order valence-electron chi connectivity index (χ1n) is 8.89. The molecule has 1 fully saturated rings. The number of nitriles is 1. The highest BCUT2D eigenvalue weighted by Gasteiger charge is 2.28. The molecule has 25 heavy (non-hydrogen) atoms. The van der Waals surface area contributed by atoms with E-state index in [0.29, 0.717) is 12.1 Å². The fourth-order valence-electron chi connectivity index (χ4n) is 2.78. The molecule has 1 aliphatic heterocycles. The standard InChI is InChI=1S/C19H29N5O/c1-4-21-18(22-14-17-7-5-16(13-20)6-8-17)23-15-19(2,3)24-9-11-25-12-10-24/h5-8H,4,9-12,14-15H2,1-3H3,(H2,21,22,23). The Balaban J connectivity index is 1.93. The van der Waals surface area contributed by atoms with E-state index in [1.165, 1.54) is 0 Å². The Bertz CT molecular complexity index is 597. The Morgan fingerprint density at radius 1 is 1.24 bits per heavy atom. The highest BCUT2D eigenvalue weighted by atomic mass is 16.5. The largest absolute Gasteiger partial charge is 0.379 e. The van der Waals surface area contributed by atoms with Crippen molar-refractivity contribution in [1.82, 2.24) is 15.5 Å². The maximum atomic E-state index is 8.86. The summed E-state index contributed by atoms with van der Waals surface area (Å²) in [5.41, 5.74) is 1.79. The molecule has 6 heteroatoms. The van der Waals surface area contributed by atoms with E-state index in [9.17, 15) is 0 Å². The number of aliphatic imine (C=N–C) groups is 1. The minimum absolute atomic E-state index is 0.0361. The van der Waals surface area contributed by atoms with E-state index in [4.69, 9.17) is 10.00 Å². The minimum Gasteiger partial charge on any atom is -0.379 e. The van der Waals surface area contributed by atoms with Crippen LogP contribution in [0.15, 0.2) is 29.3 Å². The van der Waals surface area contributed by atoms with E-state index in [1.807, 2.05) is 24.3 Å². The molecular weight excluding hydrogens is 314 g/mol. The van der Waals surface area contributed by atoms with Gasteiger partial charge in [-0.05, 0) is 38.5 Å². The van der Waals surface area contributed by atoms with Crippen molar-refractivity contribution in [1.29, 1.82) is 5.26 Å². The zero-order valence-corrected chi connectivity index (χ0v) is 15.5. The van der Waals surface area contributed by atoms with Gasteiger partial charge in [0, 0.05) is 31.7 Å². The number of rotatable bonds is 6. The van der Waals surface area contributed by atoms with Crippen LogP contribution in [0.2, 0.25) is 0 Å². The number of nitrogens with one attached hydrogen (secondary N) is 2. The highest BCUT2D eigenvalue weighted by molar-refractivity contribution is 5.79. The molecule has 0 aromatic heterocycles. The smallest absolute Gasteiger partial charge is 0.191 e. The van der Waals surface area contributed by atoms with Crippen LogP contribution in [0.25, 0.3) is 0 Å². The van der Waals surface area contributed by atoms with Crippen molar-refractivity contribution in [2.45, 2.75) is 32.9 Å². The van der Waals surface area contributed by atoms with Crippen LogP contribution in [0.4, 0.5) is 0 Å². The lowest BCUT2D eigenvalue weighted by Gasteiger charge is -2.41. The summed E-state index contributed by atoms with van der Waals surface area (Å²) >= 11 is 0. The lowest BCUT2D eigenvalue weighted by Crippen LogP contribution is -2.56. The molecule has 1 saturated heterocycles. The van der Waals surface area contributed by atoms with Crippen LogP contribution in [0.3, 0.4) is 0 Å². The highest BCUT2D eigenvalue weighted by Crippen LogP contribution is 2.15. The molecule has 0 unspecified atom stereocenters. The second-order valence-corrected chi connectivity index (χ2v) is 6.77. The van der Waals surface area contributed by atoms with Gasteiger partial charge in [0.05, 0.1) is 31.4 Å². The second kappa shape index (κ2) is 9.40. The van der Waals surface area contributed by atoms with Gasteiger partial charge in [-0.15, -0.1) is 0 Å². The van der Waals surface area contributed by atoms with E-state index in [2.05, 4.69) is 47.4 Å². The first-order valence-corrected chi connectivity index (χ1v) is 8.89. The quantitative estimate of drug-likeness (QED) is 0.608. The Hall–Kier alpha value is -2.10. The summed E-state index contributed by atoms with van der Waals surface area (Å²) in [5.74, 6) is 0.813. The van der Waals surface area contributed by atoms with Crippen molar-refractivity contribution in [2.75, 3.05) is 39.4 Å². The van der Waals surface area contributed by atoms with Crippen LogP contribution in [0.1, 0.15) is 31.9 Å². The molecule has 0 bridgehead atoms. The predicted molar refractivity (Wildman–Crippen MR) is 100 cm³/mol. The van der Waals surface area contributed by atoms with E-state index < -0.39 is 0 Å². The van der Waals surface area contributed by atoms with Gasteiger partial charge in [0.1, 0.15) is 0 Å². The Morgan fingerprint density at radius 3 is 2.52 bits per heavy atom. The number of nitrogens with zero attached hydrogens (tertiary/aromatic N) is 3. The third-order valence-electron chi connectivity index (χ3n) is 4.40. The number of morpholine rings is 1. The maximum absolute atomic E-state index is 8.86. The van der Waals surface area contributed by atoms with Gasteiger partial charge < -0.3 is 15.4 Å². The Labute approximate surface area is 150 Å². The lowest BCUT2D eigenvalue weighted by atomic mass is 10.0. The van der Waals surface area contributed by atoms with Crippen molar-refractivity contribution < 1.29 is 4.74 Å².